The number of aromatic nitrogens is 2. The van der Waals surface area contributed by atoms with E-state index in [1.54, 1.807) is 103 Å². The van der Waals surface area contributed by atoms with Gasteiger partial charge in [0.15, 0.2) is 11.6 Å². The van der Waals surface area contributed by atoms with Crippen LogP contribution in [0.15, 0.2) is 198 Å². The number of carbonyl (C=O) groups is 6. The van der Waals surface area contributed by atoms with Gasteiger partial charge in [0.2, 0.25) is 0 Å². The molecule has 10 rings (SSSR count). The van der Waals surface area contributed by atoms with E-state index in [1.807, 2.05) is 42.5 Å². The van der Waals surface area contributed by atoms with Gasteiger partial charge < -0.3 is 39.9 Å². The van der Waals surface area contributed by atoms with Crippen molar-refractivity contribution in [1.29, 1.82) is 0 Å². The number of benzene rings is 4. The van der Waals surface area contributed by atoms with Crippen LogP contribution in [0.4, 0.5) is 15.8 Å². The molecule has 0 saturated carbocycles. The number of para-hydroxylation sites is 1. The lowest BCUT2D eigenvalue weighted by Gasteiger charge is -2.44. The minimum Gasteiger partial charge on any atom is -0.497 e. The van der Waals surface area contributed by atoms with Crippen LogP contribution in [-0.2, 0) is 47.7 Å². The number of allylic oxidation sites excluding steroid dienone is 4. The van der Waals surface area contributed by atoms with E-state index in [0.29, 0.717) is 51.0 Å². The molecule has 6 unspecified atom stereocenters. The number of hydrogen-bond acceptors (Lipinski definition) is 18. The number of rotatable bonds is 12. The first-order chi connectivity index (χ1) is 39.2. The Morgan fingerprint density at radius 3 is 1.23 bits per heavy atom. The monoisotopic (exact) mass is 1100 g/mol. The Morgan fingerprint density at radius 1 is 0.494 bits per heavy atom. The smallest absolute Gasteiger partial charge is 0.338 e. The van der Waals surface area contributed by atoms with E-state index in [0.717, 1.165) is 5.56 Å². The van der Waals surface area contributed by atoms with Crippen LogP contribution in [0, 0.1) is 17.7 Å². The Labute approximate surface area is 466 Å². The molecule has 0 spiro atoms. The van der Waals surface area contributed by atoms with Gasteiger partial charge in [0.1, 0.15) is 40.8 Å². The summed E-state index contributed by atoms with van der Waals surface area (Å²) in [4.78, 5) is 93.9. The molecule has 0 bridgehead atoms. The molecule has 0 saturated heterocycles. The number of hydrogen-bond donors (Lipinski definition) is 2. The Hall–Kier alpha value is -9.91. The zero-order chi connectivity index (χ0) is 57.6. The molecule has 4 heterocycles. The lowest BCUT2D eigenvalue weighted by atomic mass is 9.67. The van der Waals surface area contributed by atoms with Crippen LogP contribution in [-0.4, -0.2) is 88.1 Å². The van der Waals surface area contributed by atoms with Gasteiger partial charge in [-0.2, -0.15) is 0 Å². The number of ketones is 2. The van der Waals surface area contributed by atoms with Crippen molar-refractivity contribution in [3.63, 3.8) is 0 Å². The van der Waals surface area contributed by atoms with Crippen LogP contribution in [0.25, 0.3) is 0 Å². The summed E-state index contributed by atoms with van der Waals surface area (Å²) in [5, 5.41) is 0. The summed E-state index contributed by atoms with van der Waals surface area (Å²) in [5.41, 5.74) is 18.8. The molecule has 0 radical (unpaired) electrons. The third-order valence-electron chi connectivity index (χ3n) is 15.0. The van der Waals surface area contributed by atoms with E-state index < -0.39 is 76.8 Å². The predicted octanol–water partition coefficient (Wildman–Crippen LogP) is 7.81. The van der Waals surface area contributed by atoms with Crippen LogP contribution in [0.2, 0.25) is 0 Å². The van der Waals surface area contributed by atoms with Crippen molar-refractivity contribution in [1.82, 2.24) is 9.97 Å². The molecule has 6 atom stereocenters. The van der Waals surface area contributed by atoms with E-state index in [1.165, 1.54) is 58.9 Å². The van der Waals surface area contributed by atoms with Crippen molar-refractivity contribution < 1.29 is 61.6 Å². The van der Waals surface area contributed by atoms with Gasteiger partial charge in [0.05, 0.1) is 65.6 Å². The third kappa shape index (κ3) is 10.5. The molecular weight excluding hydrogens is 1040 g/mol. The fraction of sp³-hybridized carbons (Fsp3) is 0.226. The zero-order valence-electron chi connectivity index (χ0n) is 45.0. The Bertz CT molecular complexity index is 3520. The topological polar surface area (TPSA) is 242 Å². The van der Waals surface area contributed by atoms with Crippen molar-refractivity contribution >= 4 is 46.8 Å². The van der Waals surface area contributed by atoms with Gasteiger partial charge in [-0.1, -0.05) is 54.6 Å². The van der Waals surface area contributed by atoms with Crippen LogP contribution >= 0.6 is 0 Å². The molecule has 4 aliphatic rings. The molecular formula is C62H57FN6O12. The van der Waals surface area contributed by atoms with E-state index in [-0.39, 0.29) is 46.8 Å². The largest absolute Gasteiger partial charge is 0.497 e. The van der Waals surface area contributed by atoms with Gasteiger partial charge >= 0.3 is 23.9 Å². The van der Waals surface area contributed by atoms with E-state index in [4.69, 9.17) is 39.9 Å². The molecule has 19 heteroatoms. The number of carbonyl (C=O) groups excluding carboxylic acids is 6. The van der Waals surface area contributed by atoms with Gasteiger partial charge in [-0.3, -0.25) is 38.9 Å². The average molecular weight is 1100 g/mol. The molecule has 2 aliphatic carbocycles. The minimum absolute atomic E-state index is 0.00318. The standard InChI is InChI=1S/C31H28FN3O6.C31H29N3O6/c1-39-21-12-6-17(7-13-21)22-15-23-26(28(36)25(22)30(37)40-2)24(18-5-4-14-34-16-18)27(31(38)41-3)29(33)35(23)20-10-8-19(32)9-11-20;1-38-21-13-11-18(12-14-21)22-16-23-26(28(35)25(22)30(36)39-2)24(19-8-7-15-33-17-19)27(31(37)40-3)29(32)34(23)20-9-5-4-6-10-20/h4-14,16,22,24-25H,15,33H2,1-3H3;4-15,17,22,24-25H,16,32H2,1-3H3. The third-order valence-corrected chi connectivity index (χ3v) is 15.0. The van der Waals surface area contributed by atoms with Crippen molar-refractivity contribution in [2.24, 2.45) is 23.3 Å². The fourth-order valence-electron chi connectivity index (χ4n) is 11.3. The highest BCUT2D eigenvalue weighted by atomic mass is 19.1. The highest BCUT2D eigenvalue weighted by Crippen LogP contribution is 2.53. The summed E-state index contributed by atoms with van der Waals surface area (Å²) >= 11 is 0. The Kier molecular flexibility index (Phi) is 16.5. The lowest BCUT2D eigenvalue weighted by Crippen LogP contribution is -2.46. The number of ether oxygens (including phenoxy) is 6. The maximum Gasteiger partial charge on any atom is 0.338 e. The zero-order valence-corrected chi connectivity index (χ0v) is 45.0. The maximum atomic E-state index is 14.5. The van der Waals surface area contributed by atoms with E-state index >= 15 is 0 Å². The number of pyridine rings is 2. The van der Waals surface area contributed by atoms with E-state index in [9.17, 15) is 33.2 Å². The first kappa shape index (κ1) is 55.8. The highest BCUT2D eigenvalue weighted by molar-refractivity contribution is 6.15. The number of anilines is 2. The Balaban J connectivity index is 0.000000196. The van der Waals surface area contributed by atoms with Crippen LogP contribution in [0.1, 0.15) is 58.8 Å². The molecule has 2 aromatic heterocycles. The van der Waals surface area contributed by atoms with Crippen molar-refractivity contribution in [2.75, 3.05) is 52.5 Å². The lowest BCUT2D eigenvalue weighted by molar-refractivity contribution is -0.151. The summed E-state index contributed by atoms with van der Waals surface area (Å²) in [6.07, 6.45) is 6.73. The summed E-state index contributed by atoms with van der Waals surface area (Å²) in [7, 11) is 8.08. The summed E-state index contributed by atoms with van der Waals surface area (Å²) in [6, 6.07) is 36.0. The molecule has 18 nitrogen and oxygen atoms in total. The normalized spacial score (nSPS) is 20.5. The predicted molar refractivity (Wildman–Crippen MR) is 294 cm³/mol. The number of nitrogens with two attached hydrogens (primary N) is 2. The minimum atomic E-state index is -1.21. The molecule has 414 valence electrons. The second-order valence-corrected chi connectivity index (χ2v) is 19.1. The van der Waals surface area contributed by atoms with Crippen LogP contribution < -0.4 is 30.7 Å². The van der Waals surface area contributed by atoms with Gasteiger partial charge in [-0.25, -0.2) is 14.0 Å². The highest BCUT2D eigenvalue weighted by Gasteiger charge is 2.53. The van der Waals surface area contributed by atoms with Crippen molar-refractivity contribution in [2.45, 2.75) is 36.5 Å². The molecule has 2 aliphatic heterocycles. The molecule has 0 fully saturated rings. The SMILES string of the molecule is COC(=O)C1=C(N)N(c2ccc(F)cc2)C2=C(C(=O)C(C(=O)OC)C(c3ccc(OC)cc3)C2)C1c1cccnc1.COC(=O)C1=C(N)N(c2ccccc2)C2=C(C(=O)C(C(=O)OC)C(c3ccc(OC)cc3)C2)C1c1cccnc1. The summed E-state index contributed by atoms with van der Waals surface area (Å²) < 4.78 is 45.1. The van der Waals surface area contributed by atoms with Crippen molar-refractivity contribution in [3.05, 3.63) is 226 Å². The first-order valence-electron chi connectivity index (χ1n) is 25.6. The average Bonchev–Trinajstić information content (AvgIpc) is 3.70. The first-order valence-corrected chi connectivity index (χ1v) is 25.6. The number of nitrogens with zero attached hydrogens (tertiary/aromatic N) is 4. The molecule has 6 aromatic rings. The van der Waals surface area contributed by atoms with E-state index in [2.05, 4.69) is 9.97 Å². The maximum absolute atomic E-state index is 14.5. The van der Waals surface area contributed by atoms with Crippen LogP contribution in [0.3, 0.4) is 0 Å². The summed E-state index contributed by atoms with van der Waals surface area (Å²) in [6.45, 7) is 0. The van der Waals surface area contributed by atoms with Gasteiger partial charge in [0.25, 0.3) is 0 Å². The van der Waals surface area contributed by atoms with Gasteiger partial charge in [-0.15, -0.1) is 0 Å². The number of methoxy groups -OCH3 is 6. The molecule has 81 heavy (non-hydrogen) atoms. The number of halogens is 1. The van der Waals surface area contributed by atoms with Crippen LogP contribution in [0.5, 0.6) is 11.5 Å². The summed E-state index contributed by atoms with van der Waals surface area (Å²) in [5.74, 6) is -8.22. The fourth-order valence-corrected chi connectivity index (χ4v) is 11.3. The van der Waals surface area contributed by atoms with Crippen molar-refractivity contribution in [3.8, 4) is 11.5 Å². The number of esters is 4. The Morgan fingerprint density at radius 2 is 0.889 bits per heavy atom. The second-order valence-electron chi connectivity index (χ2n) is 19.1. The van der Waals surface area contributed by atoms with Gasteiger partial charge in [-0.05, 0) is 108 Å². The molecule has 4 aromatic carbocycles. The molecule has 4 N–H and O–H groups in total. The van der Waals surface area contributed by atoms with Gasteiger partial charge in [0, 0.05) is 70.5 Å². The number of Topliss-reactive ketones (excluding diaryl/α,β-unsaturated/α-hetero) is 2. The quantitative estimate of drug-likeness (QED) is 0.0674. The second kappa shape index (κ2) is 24.0. The molecule has 0 amide bonds.